The van der Waals surface area contributed by atoms with Crippen LogP contribution in [-0.2, 0) is 6.54 Å². The van der Waals surface area contributed by atoms with Crippen molar-refractivity contribution in [1.29, 1.82) is 0 Å². The van der Waals surface area contributed by atoms with Crippen molar-refractivity contribution in [2.75, 3.05) is 0 Å². The summed E-state index contributed by atoms with van der Waals surface area (Å²) in [4.78, 5) is 7.30. The molecule has 0 N–H and O–H groups in total. The lowest BCUT2D eigenvalue weighted by Gasteiger charge is -2.39. The molecule has 2 heterocycles. The van der Waals surface area contributed by atoms with E-state index in [4.69, 9.17) is 4.42 Å². The first-order chi connectivity index (χ1) is 11.7. The Morgan fingerprint density at radius 2 is 1.79 bits per heavy atom. The van der Waals surface area contributed by atoms with Crippen LogP contribution in [0.5, 0.6) is 0 Å². The van der Waals surface area contributed by atoms with Crippen molar-refractivity contribution in [2.45, 2.75) is 51.7 Å². The zero-order chi connectivity index (χ0) is 16.5. The van der Waals surface area contributed by atoms with Gasteiger partial charge in [0.2, 0.25) is 5.89 Å². The van der Waals surface area contributed by atoms with Gasteiger partial charge in [-0.1, -0.05) is 30.7 Å². The van der Waals surface area contributed by atoms with Crippen molar-refractivity contribution < 1.29 is 4.42 Å². The van der Waals surface area contributed by atoms with Gasteiger partial charge in [0.05, 0.1) is 0 Å². The summed E-state index contributed by atoms with van der Waals surface area (Å²) in [6.45, 7) is 5.68. The Hall–Kier alpha value is -2.13. The van der Waals surface area contributed by atoms with E-state index >= 15 is 0 Å². The largest absolute Gasteiger partial charge is 0.436 e. The molecule has 1 fully saturated rings. The van der Waals surface area contributed by atoms with E-state index in [0.717, 1.165) is 23.2 Å². The fourth-order valence-electron chi connectivity index (χ4n) is 3.77. The second-order valence-corrected chi connectivity index (χ2v) is 6.99. The minimum Gasteiger partial charge on any atom is -0.436 e. The molecule has 0 aliphatic carbocycles. The van der Waals surface area contributed by atoms with Gasteiger partial charge in [-0.25, -0.2) is 4.98 Å². The Morgan fingerprint density at radius 1 is 1.04 bits per heavy atom. The van der Waals surface area contributed by atoms with Crippen molar-refractivity contribution in [3.63, 3.8) is 0 Å². The topological polar surface area (TPSA) is 29.3 Å². The molecule has 1 aliphatic rings. The minimum absolute atomic E-state index is 0.654. The number of aromatic nitrogens is 1. The molecular weight excluding hydrogens is 296 g/mol. The molecule has 2 atom stereocenters. The first-order valence-electron chi connectivity index (χ1n) is 8.91. The van der Waals surface area contributed by atoms with Gasteiger partial charge in [0.15, 0.2) is 5.58 Å². The highest BCUT2D eigenvalue weighted by atomic mass is 16.3. The molecule has 4 rings (SSSR count). The van der Waals surface area contributed by atoms with E-state index in [1.165, 1.54) is 24.8 Å². The van der Waals surface area contributed by atoms with E-state index < -0.39 is 0 Å². The van der Waals surface area contributed by atoms with Crippen LogP contribution in [0.3, 0.4) is 0 Å². The Balaban J connectivity index is 1.61. The van der Waals surface area contributed by atoms with E-state index in [1.807, 2.05) is 30.3 Å². The van der Waals surface area contributed by atoms with E-state index in [9.17, 15) is 0 Å². The summed E-state index contributed by atoms with van der Waals surface area (Å²) in [7, 11) is 0. The second-order valence-electron chi connectivity index (χ2n) is 6.99. The van der Waals surface area contributed by atoms with Gasteiger partial charge in [-0.3, -0.25) is 4.90 Å². The van der Waals surface area contributed by atoms with Crippen molar-refractivity contribution in [1.82, 2.24) is 9.88 Å². The van der Waals surface area contributed by atoms with Crippen LogP contribution in [-0.4, -0.2) is 22.0 Å². The molecule has 24 heavy (non-hydrogen) atoms. The van der Waals surface area contributed by atoms with Crippen LogP contribution in [0.25, 0.3) is 22.6 Å². The van der Waals surface area contributed by atoms with Crippen molar-refractivity contribution in [3.05, 3.63) is 54.1 Å². The summed E-state index contributed by atoms with van der Waals surface area (Å²) in [5.74, 6) is 0.697. The molecule has 0 bridgehead atoms. The van der Waals surface area contributed by atoms with Crippen LogP contribution >= 0.6 is 0 Å². The first kappa shape index (κ1) is 15.4. The molecule has 0 spiro atoms. The molecule has 1 saturated heterocycles. The number of rotatable bonds is 3. The maximum atomic E-state index is 5.92. The van der Waals surface area contributed by atoms with Gasteiger partial charge in [0.25, 0.3) is 0 Å². The second kappa shape index (κ2) is 6.40. The van der Waals surface area contributed by atoms with E-state index in [0.29, 0.717) is 18.0 Å². The third-order valence-electron chi connectivity index (χ3n) is 5.21. The summed E-state index contributed by atoms with van der Waals surface area (Å²) >= 11 is 0. The quantitative estimate of drug-likeness (QED) is 0.659. The lowest BCUT2D eigenvalue weighted by Crippen LogP contribution is -2.42. The van der Waals surface area contributed by atoms with Crippen molar-refractivity contribution in [3.8, 4) is 11.5 Å². The van der Waals surface area contributed by atoms with Gasteiger partial charge in [-0.2, -0.15) is 0 Å². The third-order valence-corrected chi connectivity index (χ3v) is 5.21. The maximum absolute atomic E-state index is 5.92. The number of fused-ring (bicyclic) bond motifs is 1. The zero-order valence-electron chi connectivity index (χ0n) is 14.4. The molecule has 0 unspecified atom stereocenters. The average molecular weight is 320 g/mol. The standard InChI is InChI=1S/C21H24N2O/c1-15-7-6-8-16(2)23(15)14-17-11-12-20-19(13-17)22-21(24-20)18-9-4-3-5-10-18/h3-5,9-13,15-16H,6-8,14H2,1-2H3/t15-,16-/m1/s1. The van der Waals surface area contributed by atoms with E-state index in [2.05, 4.69) is 41.9 Å². The monoisotopic (exact) mass is 320 g/mol. The summed E-state index contributed by atoms with van der Waals surface area (Å²) in [6.07, 6.45) is 3.95. The Kier molecular flexibility index (Phi) is 4.11. The number of likely N-dealkylation sites (tertiary alicyclic amines) is 1. The number of benzene rings is 2. The van der Waals surface area contributed by atoms with Gasteiger partial charge in [0, 0.05) is 24.2 Å². The highest BCUT2D eigenvalue weighted by Gasteiger charge is 2.24. The highest BCUT2D eigenvalue weighted by Crippen LogP contribution is 2.28. The van der Waals surface area contributed by atoms with Crippen LogP contribution in [0, 0.1) is 0 Å². The van der Waals surface area contributed by atoms with Crippen molar-refractivity contribution in [2.24, 2.45) is 0 Å². The van der Waals surface area contributed by atoms with E-state index in [-0.39, 0.29) is 0 Å². The predicted molar refractivity (Wildman–Crippen MR) is 97.8 cm³/mol. The van der Waals surface area contributed by atoms with Gasteiger partial charge in [-0.05, 0) is 56.5 Å². The Labute approximate surface area is 143 Å². The molecule has 3 nitrogen and oxygen atoms in total. The van der Waals surface area contributed by atoms with Crippen LogP contribution < -0.4 is 0 Å². The van der Waals surface area contributed by atoms with Gasteiger partial charge in [-0.15, -0.1) is 0 Å². The van der Waals surface area contributed by atoms with Crippen LogP contribution in [0.2, 0.25) is 0 Å². The van der Waals surface area contributed by atoms with Crippen molar-refractivity contribution >= 4 is 11.1 Å². The number of oxazole rings is 1. The smallest absolute Gasteiger partial charge is 0.227 e. The molecule has 124 valence electrons. The molecule has 0 amide bonds. The lowest BCUT2D eigenvalue weighted by atomic mass is 9.97. The molecule has 1 aliphatic heterocycles. The average Bonchev–Trinajstić information content (AvgIpc) is 3.02. The summed E-state index contributed by atoms with van der Waals surface area (Å²) < 4.78 is 5.92. The summed E-state index contributed by atoms with van der Waals surface area (Å²) in [5.41, 5.74) is 4.14. The molecule has 3 aromatic rings. The molecule has 2 aromatic carbocycles. The lowest BCUT2D eigenvalue weighted by molar-refractivity contribution is 0.0953. The first-order valence-corrected chi connectivity index (χ1v) is 8.91. The minimum atomic E-state index is 0.654. The molecule has 3 heteroatoms. The Bertz CT molecular complexity index is 814. The molecule has 0 radical (unpaired) electrons. The van der Waals surface area contributed by atoms with E-state index in [1.54, 1.807) is 0 Å². The Morgan fingerprint density at radius 3 is 2.54 bits per heavy atom. The van der Waals surface area contributed by atoms with Gasteiger partial charge < -0.3 is 4.42 Å². The van der Waals surface area contributed by atoms with Crippen LogP contribution in [0.1, 0.15) is 38.7 Å². The normalized spacial score (nSPS) is 22.1. The highest BCUT2D eigenvalue weighted by molar-refractivity contribution is 5.76. The number of nitrogens with zero attached hydrogens (tertiary/aromatic N) is 2. The van der Waals surface area contributed by atoms with Gasteiger partial charge in [0.1, 0.15) is 5.52 Å². The summed E-state index contributed by atoms with van der Waals surface area (Å²) in [5, 5.41) is 0. The van der Waals surface area contributed by atoms with Crippen LogP contribution in [0.15, 0.2) is 52.9 Å². The maximum Gasteiger partial charge on any atom is 0.227 e. The number of hydrogen-bond donors (Lipinski definition) is 0. The number of piperidine rings is 1. The molecule has 1 aromatic heterocycles. The predicted octanol–water partition coefficient (Wildman–Crippen LogP) is 5.26. The third kappa shape index (κ3) is 2.96. The fourth-order valence-corrected chi connectivity index (χ4v) is 3.77. The fraction of sp³-hybridized carbons (Fsp3) is 0.381. The number of hydrogen-bond acceptors (Lipinski definition) is 3. The summed E-state index contributed by atoms with van der Waals surface area (Å²) in [6, 6.07) is 17.8. The SMILES string of the molecule is C[C@@H]1CCC[C@@H](C)N1Cc1ccc2oc(-c3ccccc3)nc2c1. The molecule has 0 saturated carbocycles. The molecular formula is C21H24N2O. The zero-order valence-corrected chi connectivity index (χ0v) is 14.4. The van der Waals surface area contributed by atoms with Gasteiger partial charge >= 0.3 is 0 Å². The van der Waals surface area contributed by atoms with Crippen LogP contribution in [0.4, 0.5) is 0 Å².